The molecule has 0 aliphatic carbocycles. The number of aromatic nitrogens is 4. The van der Waals surface area contributed by atoms with Crippen molar-refractivity contribution < 1.29 is 0 Å². The van der Waals surface area contributed by atoms with E-state index in [-0.39, 0.29) is 0 Å². The second kappa shape index (κ2) is 8.83. The van der Waals surface area contributed by atoms with E-state index in [1.165, 1.54) is 6.42 Å². The first-order valence-corrected chi connectivity index (χ1v) is 10.5. The zero-order chi connectivity index (χ0) is 20.9. The van der Waals surface area contributed by atoms with Crippen LogP contribution in [0.25, 0.3) is 10.9 Å². The van der Waals surface area contributed by atoms with Crippen LogP contribution in [0.15, 0.2) is 65.9 Å². The van der Waals surface area contributed by atoms with Gasteiger partial charge in [-0.15, -0.1) is 0 Å². The number of hydrazone groups is 1. The Hall–Kier alpha value is -3.94. The molecule has 4 aromatic rings. The van der Waals surface area contributed by atoms with Crippen molar-refractivity contribution in [1.29, 1.82) is 0 Å². The zero-order valence-corrected chi connectivity index (χ0v) is 17.1. The van der Waals surface area contributed by atoms with Gasteiger partial charge in [0.1, 0.15) is 0 Å². The second-order valence-corrected chi connectivity index (χ2v) is 7.48. The highest BCUT2D eigenvalue weighted by Crippen LogP contribution is 2.21. The molecule has 0 unspecified atom stereocenters. The number of nitrogens with zero attached hydrogens (tertiary/aromatic N) is 5. The number of hydrogen-bond acceptors (Lipinski definition) is 7. The highest BCUT2D eigenvalue weighted by Gasteiger charge is 2.16. The molecule has 0 amide bonds. The Balaban J connectivity index is 1.40. The number of nitrogens with one attached hydrogen (secondary N) is 3. The van der Waals surface area contributed by atoms with Gasteiger partial charge >= 0.3 is 0 Å². The smallest absolute Gasteiger partial charge is 0.250 e. The molecule has 2 aromatic carbocycles. The minimum absolute atomic E-state index is 0.407. The van der Waals surface area contributed by atoms with Crippen LogP contribution in [0.1, 0.15) is 24.8 Å². The van der Waals surface area contributed by atoms with Crippen molar-refractivity contribution in [3.8, 4) is 0 Å². The average Bonchev–Trinajstić information content (AvgIpc) is 3.23. The van der Waals surface area contributed by atoms with Crippen LogP contribution in [-0.2, 0) is 0 Å². The first-order valence-electron chi connectivity index (χ1n) is 10.5. The molecule has 3 N–H and O–H groups in total. The second-order valence-electron chi connectivity index (χ2n) is 7.48. The van der Waals surface area contributed by atoms with Gasteiger partial charge in [0.25, 0.3) is 0 Å². The summed E-state index contributed by atoms with van der Waals surface area (Å²) >= 11 is 0. The molecule has 1 fully saturated rings. The van der Waals surface area contributed by atoms with Gasteiger partial charge < -0.3 is 15.2 Å². The summed E-state index contributed by atoms with van der Waals surface area (Å²) in [7, 11) is 0. The standard InChI is InChI=1S/C23H24N8/c1-3-9-18(10-4-1)26-21-27-22(29-23(28-21)31-13-7-2-8-14-31)30-25-16-17-15-24-20-12-6-5-11-19(17)20/h1,3-6,9-12,15-16,24H,2,7-8,13-14H2,(H2,26,27,28,29,30)/b25-16+. The molecule has 0 spiro atoms. The van der Waals surface area contributed by atoms with Gasteiger partial charge in [0.2, 0.25) is 17.8 Å². The average molecular weight is 413 g/mol. The number of rotatable bonds is 6. The van der Waals surface area contributed by atoms with Crippen molar-refractivity contribution in [3.05, 3.63) is 66.4 Å². The van der Waals surface area contributed by atoms with Crippen molar-refractivity contribution in [3.63, 3.8) is 0 Å². The van der Waals surface area contributed by atoms with Gasteiger partial charge in [0.15, 0.2) is 0 Å². The van der Waals surface area contributed by atoms with Crippen LogP contribution in [0.2, 0.25) is 0 Å². The molecule has 8 heteroatoms. The lowest BCUT2D eigenvalue weighted by molar-refractivity contribution is 0.568. The third kappa shape index (κ3) is 4.48. The van der Waals surface area contributed by atoms with E-state index in [9.17, 15) is 0 Å². The van der Waals surface area contributed by atoms with Gasteiger partial charge in [-0.1, -0.05) is 36.4 Å². The minimum Gasteiger partial charge on any atom is -0.361 e. The maximum atomic E-state index is 4.65. The molecule has 156 valence electrons. The Labute approximate surface area is 180 Å². The van der Waals surface area contributed by atoms with Crippen LogP contribution in [0.5, 0.6) is 0 Å². The van der Waals surface area contributed by atoms with E-state index >= 15 is 0 Å². The Morgan fingerprint density at radius 3 is 2.52 bits per heavy atom. The van der Waals surface area contributed by atoms with Crippen LogP contribution < -0.4 is 15.6 Å². The predicted molar refractivity (Wildman–Crippen MR) is 125 cm³/mol. The van der Waals surface area contributed by atoms with Crippen molar-refractivity contribution in [2.45, 2.75) is 19.3 Å². The number of fused-ring (bicyclic) bond motifs is 1. The first kappa shape index (κ1) is 19.0. The van der Waals surface area contributed by atoms with E-state index in [0.717, 1.165) is 48.1 Å². The number of H-pyrrole nitrogens is 1. The number of hydrogen-bond donors (Lipinski definition) is 3. The molecule has 31 heavy (non-hydrogen) atoms. The van der Waals surface area contributed by atoms with Gasteiger partial charge in [-0.25, -0.2) is 5.43 Å². The topological polar surface area (TPSA) is 94.1 Å². The third-order valence-electron chi connectivity index (χ3n) is 5.28. The van der Waals surface area contributed by atoms with E-state index in [2.05, 4.69) is 46.7 Å². The molecule has 2 aromatic heterocycles. The maximum absolute atomic E-state index is 4.65. The number of anilines is 4. The molecule has 0 radical (unpaired) electrons. The maximum Gasteiger partial charge on any atom is 0.250 e. The summed E-state index contributed by atoms with van der Waals surface area (Å²) in [5.41, 5.74) is 5.97. The molecule has 1 saturated heterocycles. The van der Waals surface area contributed by atoms with Crippen LogP contribution >= 0.6 is 0 Å². The third-order valence-corrected chi connectivity index (χ3v) is 5.28. The van der Waals surface area contributed by atoms with Crippen molar-refractivity contribution in [2.75, 3.05) is 28.7 Å². The molecule has 0 bridgehead atoms. The zero-order valence-electron chi connectivity index (χ0n) is 17.1. The molecular weight excluding hydrogens is 388 g/mol. The largest absolute Gasteiger partial charge is 0.361 e. The summed E-state index contributed by atoms with van der Waals surface area (Å²) < 4.78 is 0. The van der Waals surface area contributed by atoms with E-state index in [1.54, 1.807) is 6.21 Å². The summed E-state index contributed by atoms with van der Waals surface area (Å²) in [5.74, 6) is 1.56. The number of benzene rings is 2. The molecule has 0 saturated carbocycles. The van der Waals surface area contributed by atoms with Gasteiger partial charge in [0.05, 0.1) is 6.21 Å². The van der Waals surface area contributed by atoms with E-state index in [0.29, 0.717) is 17.8 Å². The summed E-state index contributed by atoms with van der Waals surface area (Å²) in [6, 6.07) is 18.0. The lowest BCUT2D eigenvalue weighted by atomic mass is 10.1. The highest BCUT2D eigenvalue weighted by atomic mass is 15.4. The Bertz CT molecular complexity index is 1180. The van der Waals surface area contributed by atoms with E-state index in [4.69, 9.17) is 0 Å². The fraction of sp³-hybridized carbons (Fsp3) is 0.217. The minimum atomic E-state index is 0.407. The van der Waals surface area contributed by atoms with Crippen molar-refractivity contribution in [2.24, 2.45) is 5.10 Å². The Kier molecular flexibility index (Phi) is 5.42. The van der Waals surface area contributed by atoms with Gasteiger partial charge in [-0.3, -0.25) is 0 Å². The van der Waals surface area contributed by atoms with Crippen LogP contribution in [-0.4, -0.2) is 39.2 Å². The molecule has 1 aliphatic rings. The molecular formula is C23H24N8. The Morgan fingerprint density at radius 1 is 0.871 bits per heavy atom. The lowest BCUT2D eigenvalue weighted by Crippen LogP contribution is -2.31. The predicted octanol–water partition coefficient (Wildman–Crippen LogP) is 4.53. The SMILES string of the molecule is C(=N\Nc1nc(Nc2ccccc2)nc(N2CCCCC2)n1)/c1c[nH]c2ccccc12. The monoisotopic (exact) mass is 412 g/mol. The Morgan fingerprint density at radius 2 is 1.65 bits per heavy atom. The summed E-state index contributed by atoms with van der Waals surface area (Å²) in [4.78, 5) is 19.2. The summed E-state index contributed by atoms with van der Waals surface area (Å²) in [6.45, 7) is 1.90. The van der Waals surface area contributed by atoms with Gasteiger partial charge in [0, 0.05) is 41.4 Å². The van der Waals surface area contributed by atoms with Gasteiger partial charge in [-0.05, 0) is 37.5 Å². The molecule has 0 atom stereocenters. The first-order chi connectivity index (χ1) is 15.3. The van der Waals surface area contributed by atoms with Crippen LogP contribution in [0.3, 0.4) is 0 Å². The normalized spacial score (nSPS) is 14.3. The number of piperidine rings is 1. The summed E-state index contributed by atoms with van der Waals surface area (Å²) in [5, 5.41) is 8.76. The molecule has 8 nitrogen and oxygen atoms in total. The summed E-state index contributed by atoms with van der Waals surface area (Å²) in [6.07, 6.45) is 7.25. The quantitative estimate of drug-likeness (QED) is 0.318. The molecule has 5 rings (SSSR count). The van der Waals surface area contributed by atoms with Crippen molar-refractivity contribution in [1.82, 2.24) is 19.9 Å². The van der Waals surface area contributed by atoms with Crippen molar-refractivity contribution >= 4 is 40.6 Å². The number of para-hydroxylation sites is 2. The lowest BCUT2D eigenvalue weighted by Gasteiger charge is -2.26. The molecule has 3 heterocycles. The fourth-order valence-electron chi connectivity index (χ4n) is 3.72. The van der Waals surface area contributed by atoms with Gasteiger partial charge in [-0.2, -0.15) is 20.1 Å². The van der Waals surface area contributed by atoms with E-state index < -0.39 is 0 Å². The van der Waals surface area contributed by atoms with Crippen LogP contribution in [0, 0.1) is 0 Å². The molecule has 1 aliphatic heterocycles. The van der Waals surface area contributed by atoms with Crippen LogP contribution in [0.4, 0.5) is 23.5 Å². The fourth-order valence-corrected chi connectivity index (χ4v) is 3.72. The number of aromatic amines is 1. The highest BCUT2D eigenvalue weighted by molar-refractivity contribution is 5.99. The van der Waals surface area contributed by atoms with E-state index in [1.807, 2.05) is 54.7 Å².